The van der Waals surface area contributed by atoms with Crippen molar-refractivity contribution in [3.8, 4) is 5.69 Å². The molecule has 0 radical (unpaired) electrons. The molecule has 1 heterocycles. The quantitative estimate of drug-likeness (QED) is 0.708. The van der Waals surface area contributed by atoms with Gasteiger partial charge < -0.3 is 5.73 Å². The molecular formula is C8H7FN4. The minimum atomic E-state index is -0.326. The van der Waals surface area contributed by atoms with E-state index in [-0.39, 0.29) is 5.82 Å². The molecule has 0 aliphatic heterocycles. The van der Waals surface area contributed by atoms with Gasteiger partial charge in [0.1, 0.15) is 5.82 Å². The molecule has 0 saturated carbocycles. The van der Waals surface area contributed by atoms with Gasteiger partial charge in [-0.1, -0.05) is 6.07 Å². The summed E-state index contributed by atoms with van der Waals surface area (Å²) in [6, 6.07) is 5.97. The number of nitrogens with zero attached hydrogens (tertiary/aromatic N) is 3. The summed E-state index contributed by atoms with van der Waals surface area (Å²) >= 11 is 0. The monoisotopic (exact) mass is 178 g/mol. The van der Waals surface area contributed by atoms with Crippen LogP contribution in [0.25, 0.3) is 5.69 Å². The van der Waals surface area contributed by atoms with E-state index in [2.05, 4.69) is 10.2 Å². The molecule has 2 rings (SSSR count). The van der Waals surface area contributed by atoms with Gasteiger partial charge in [-0.2, -0.15) is 5.10 Å². The van der Waals surface area contributed by atoms with Gasteiger partial charge in [-0.25, -0.2) is 4.39 Å². The molecule has 0 fully saturated rings. The molecule has 13 heavy (non-hydrogen) atoms. The lowest BCUT2D eigenvalue weighted by molar-refractivity contribution is 0.622. The first-order valence-electron chi connectivity index (χ1n) is 3.69. The summed E-state index contributed by atoms with van der Waals surface area (Å²) in [6.07, 6.45) is 1.41. The Morgan fingerprint density at radius 2 is 2.23 bits per heavy atom. The van der Waals surface area contributed by atoms with Crippen molar-refractivity contribution >= 4 is 5.82 Å². The minimum Gasteiger partial charge on any atom is -0.381 e. The SMILES string of the molecule is Nc1cnn(-c2cccc(F)c2)n1. The molecule has 4 nitrogen and oxygen atoms in total. The van der Waals surface area contributed by atoms with Gasteiger partial charge in [0.2, 0.25) is 0 Å². The van der Waals surface area contributed by atoms with Crippen molar-refractivity contribution in [2.75, 3.05) is 5.73 Å². The van der Waals surface area contributed by atoms with Gasteiger partial charge in [0.05, 0.1) is 11.9 Å². The Bertz CT molecular complexity index is 424. The molecule has 0 saturated heterocycles. The first kappa shape index (κ1) is 7.72. The summed E-state index contributed by atoms with van der Waals surface area (Å²) in [7, 11) is 0. The number of anilines is 1. The van der Waals surface area contributed by atoms with Gasteiger partial charge in [0.15, 0.2) is 5.82 Å². The molecule has 0 spiro atoms. The van der Waals surface area contributed by atoms with E-state index >= 15 is 0 Å². The molecule has 0 unspecified atom stereocenters. The third kappa shape index (κ3) is 1.48. The molecule has 1 aromatic heterocycles. The van der Waals surface area contributed by atoms with Crippen molar-refractivity contribution in [3.05, 3.63) is 36.3 Å². The average molecular weight is 178 g/mol. The Kier molecular flexibility index (Phi) is 1.70. The third-order valence-electron chi connectivity index (χ3n) is 1.55. The Balaban J connectivity index is 2.46. The number of benzene rings is 1. The minimum absolute atomic E-state index is 0.310. The Morgan fingerprint density at radius 3 is 2.85 bits per heavy atom. The second-order valence-electron chi connectivity index (χ2n) is 2.54. The standard InChI is InChI=1S/C8H7FN4/c9-6-2-1-3-7(4-6)13-11-5-8(10)12-13/h1-5H,(H2,10,12). The molecule has 5 heteroatoms. The van der Waals surface area contributed by atoms with Crippen LogP contribution in [-0.4, -0.2) is 15.0 Å². The molecule has 0 atom stereocenters. The van der Waals surface area contributed by atoms with Crippen LogP contribution in [0.4, 0.5) is 10.2 Å². The van der Waals surface area contributed by atoms with Gasteiger partial charge >= 0.3 is 0 Å². The zero-order chi connectivity index (χ0) is 9.26. The summed E-state index contributed by atoms with van der Waals surface area (Å²) in [6.45, 7) is 0. The fourth-order valence-corrected chi connectivity index (χ4v) is 1.000. The van der Waals surface area contributed by atoms with Crippen molar-refractivity contribution in [1.29, 1.82) is 0 Å². The molecule has 2 N–H and O–H groups in total. The Labute approximate surface area is 73.8 Å². The van der Waals surface area contributed by atoms with Crippen LogP contribution in [0.15, 0.2) is 30.5 Å². The van der Waals surface area contributed by atoms with E-state index in [1.165, 1.54) is 23.1 Å². The van der Waals surface area contributed by atoms with Crippen LogP contribution < -0.4 is 5.73 Å². The number of nitrogen functional groups attached to an aromatic ring is 1. The van der Waals surface area contributed by atoms with Crippen molar-refractivity contribution < 1.29 is 4.39 Å². The van der Waals surface area contributed by atoms with E-state index in [4.69, 9.17) is 5.73 Å². The van der Waals surface area contributed by atoms with E-state index in [9.17, 15) is 4.39 Å². The van der Waals surface area contributed by atoms with Gasteiger partial charge in [-0.15, -0.1) is 9.90 Å². The lowest BCUT2D eigenvalue weighted by atomic mass is 10.3. The molecule has 0 aliphatic carbocycles. The highest BCUT2D eigenvalue weighted by Gasteiger charge is 2.00. The van der Waals surface area contributed by atoms with Crippen LogP contribution in [-0.2, 0) is 0 Å². The molecule has 0 amide bonds. The number of aromatic nitrogens is 3. The number of nitrogens with two attached hydrogens (primary N) is 1. The molecular weight excluding hydrogens is 171 g/mol. The van der Waals surface area contributed by atoms with Crippen LogP contribution in [0.3, 0.4) is 0 Å². The Morgan fingerprint density at radius 1 is 1.38 bits per heavy atom. The number of rotatable bonds is 1. The van der Waals surface area contributed by atoms with Gasteiger partial charge in [-0.05, 0) is 12.1 Å². The largest absolute Gasteiger partial charge is 0.381 e. The summed E-state index contributed by atoms with van der Waals surface area (Å²) in [4.78, 5) is 1.28. The normalized spacial score (nSPS) is 10.2. The van der Waals surface area contributed by atoms with Crippen LogP contribution in [0, 0.1) is 5.82 Å². The number of halogens is 1. The van der Waals surface area contributed by atoms with Crippen LogP contribution >= 0.6 is 0 Å². The smallest absolute Gasteiger partial charge is 0.166 e. The van der Waals surface area contributed by atoms with Crippen molar-refractivity contribution in [3.63, 3.8) is 0 Å². The predicted molar refractivity (Wildman–Crippen MR) is 45.7 cm³/mol. The molecule has 66 valence electrons. The highest BCUT2D eigenvalue weighted by Crippen LogP contribution is 2.07. The average Bonchev–Trinajstić information content (AvgIpc) is 2.52. The maximum Gasteiger partial charge on any atom is 0.166 e. The molecule has 0 aliphatic rings. The van der Waals surface area contributed by atoms with Crippen LogP contribution in [0.5, 0.6) is 0 Å². The van der Waals surface area contributed by atoms with Crippen molar-refractivity contribution in [2.24, 2.45) is 0 Å². The topological polar surface area (TPSA) is 56.7 Å². The fourth-order valence-electron chi connectivity index (χ4n) is 1.000. The van der Waals surface area contributed by atoms with E-state index in [0.717, 1.165) is 0 Å². The van der Waals surface area contributed by atoms with Gasteiger partial charge in [-0.3, -0.25) is 0 Å². The maximum atomic E-state index is 12.8. The Hall–Kier alpha value is -1.91. The van der Waals surface area contributed by atoms with Gasteiger partial charge in [0, 0.05) is 6.07 Å². The molecule has 2 aromatic rings. The van der Waals surface area contributed by atoms with E-state index in [1.807, 2.05) is 0 Å². The summed E-state index contributed by atoms with van der Waals surface area (Å²) in [5.74, 6) is -0.0161. The van der Waals surface area contributed by atoms with E-state index in [0.29, 0.717) is 11.5 Å². The van der Waals surface area contributed by atoms with Gasteiger partial charge in [0.25, 0.3) is 0 Å². The fraction of sp³-hybridized carbons (Fsp3) is 0. The lowest BCUT2D eigenvalue weighted by Crippen LogP contribution is -1.99. The first-order valence-corrected chi connectivity index (χ1v) is 3.69. The lowest BCUT2D eigenvalue weighted by Gasteiger charge is -1.97. The number of hydrogen-bond acceptors (Lipinski definition) is 3. The van der Waals surface area contributed by atoms with Crippen molar-refractivity contribution in [1.82, 2.24) is 15.0 Å². The van der Waals surface area contributed by atoms with Crippen LogP contribution in [0.1, 0.15) is 0 Å². The summed E-state index contributed by atoms with van der Waals surface area (Å²) < 4.78 is 12.8. The predicted octanol–water partition coefficient (Wildman–Crippen LogP) is 0.989. The van der Waals surface area contributed by atoms with E-state index in [1.54, 1.807) is 12.1 Å². The zero-order valence-corrected chi connectivity index (χ0v) is 6.68. The molecule has 0 bridgehead atoms. The summed E-state index contributed by atoms with van der Waals surface area (Å²) in [5.41, 5.74) is 5.92. The molecule has 1 aromatic carbocycles. The van der Waals surface area contributed by atoms with E-state index < -0.39 is 0 Å². The third-order valence-corrected chi connectivity index (χ3v) is 1.55. The maximum absolute atomic E-state index is 12.8. The van der Waals surface area contributed by atoms with Crippen molar-refractivity contribution in [2.45, 2.75) is 0 Å². The first-order chi connectivity index (χ1) is 6.25. The second-order valence-corrected chi connectivity index (χ2v) is 2.54. The highest BCUT2D eigenvalue weighted by molar-refractivity contribution is 5.31. The highest BCUT2D eigenvalue weighted by atomic mass is 19.1. The second kappa shape index (κ2) is 2.85. The van der Waals surface area contributed by atoms with Crippen LogP contribution in [0.2, 0.25) is 0 Å². The summed E-state index contributed by atoms with van der Waals surface area (Å²) in [5, 5.41) is 7.68. The number of hydrogen-bond donors (Lipinski definition) is 1. The zero-order valence-electron chi connectivity index (χ0n) is 6.68.